The van der Waals surface area contributed by atoms with E-state index in [0.717, 1.165) is 25.2 Å². The van der Waals surface area contributed by atoms with Gasteiger partial charge in [-0.25, -0.2) is 9.97 Å². The summed E-state index contributed by atoms with van der Waals surface area (Å²) >= 11 is 0. The molecule has 1 aliphatic rings. The minimum absolute atomic E-state index is 0.536. The highest BCUT2D eigenvalue weighted by molar-refractivity contribution is 5.73. The lowest BCUT2D eigenvalue weighted by Gasteiger charge is -2.23. The van der Waals surface area contributed by atoms with Gasteiger partial charge in [-0.15, -0.1) is 0 Å². The molecule has 1 saturated carbocycles. The number of nitrogens with zero attached hydrogens (tertiary/aromatic N) is 3. The standard InChI is InChI=1S/C13H19N3O/c1-10(2)5-6-16(12-3-4-12)13-14-7-11(9-17)8-15-13/h7-10,12H,3-6H2,1-2H3. The molecule has 4 heteroatoms. The van der Waals surface area contributed by atoms with Crippen molar-refractivity contribution < 1.29 is 4.79 Å². The summed E-state index contributed by atoms with van der Waals surface area (Å²) in [5, 5.41) is 0. The van der Waals surface area contributed by atoms with Crippen molar-refractivity contribution in [2.24, 2.45) is 5.92 Å². The summed E-state index contributed by atoms with van der Waals surface area (Å²) in [5.41, 5.74) is 0.536. The molecule has 4 nitrogen and oxygen atoms in total. The fourth-order valence-electron chi connectivity index (χ4n) is 1.77. The molecule has 0 atom stereocenters. The van der Waals surface area contributed by atoms with E-state index in [1.165, 1.54) is 12.8 Å². The monoisotopic (exact) mass is 233 g/mol. The third-order valence-electron chi connectivity index (χ3n) is 2.99. The number of hydrogen-bond donors (Lipinski definition) is 0. The van der Waals surface area contributed by atoms with Crippen molar-refractivity contribution in [1.29, 1.82) is 0 Å². The largest absolute Gasteiger partial charge is 0.338 e. The molecular formula is C13H19N3O. The second kappa shape index (κ2) is 5.25. The Morgan fingerprint density at radius 3 is 2.53 bits per heavy atom. The lowest BCUT2D eigenvalue weighted by molar-refractivity contribution is 0.112. The zero-order valence-corrected chi connectivity index (χ0v) is 10.5. The number of rotatable bonds is 6. The summed E-state index contributed by atoms with van der Waals surface area (Å²) in [5.74, 6) is 1.45. The fraction of sp³-hybridized carbons (Fsp3) is 0.615. The number of aromatic nitrogens is 2. The summed E-state index contributed by atoms with van der Waals surface area (Å²) in [6, 6.07) is 0.607. The summed E-state index contributed by atoms with van der Waals surface area (Å²) in [6.07, 6.45) is 7.59. The molecule has 1 fully saturated rings. The van der Waals surface area contributed by atoms with Crippen LogP contribution in [0.15, 0.2) is 12.4 Å². The highest BCUT2D eigenvalue weighted by Crippen LogP contribution is 2.30. The zero-order chi connectivity index (χ0) is 12.3. The maximum atomic E-state index is 10.6. The van der Waals surface area contributed by atoms with E-state index in [1.54, 1.807) is 12.4 Å². The van der Waals surface area contributed by atoms with Crippen molar-refractivity contribution in [3.8, 4) is 0 Å². The molecule has 0 radical (unpaired) electrons. The van der Waals surface area contributed by atoms with E-state index < -0.39 is 0 Å². The van der Waals surface area contributed by atoms with Crippen molar-refractivity contribution in [3.05, 3.63) is 18.0 Å². The van der Waals surface area contributed by atoms with E-state index in [2.05, 4.69) is 28.7 Å². The maximum absolute atomic E-state index is 10.6. The van der Waals surface area contributed by atoms with Crippen molar-refractivity contribution in [2.75, 3.05) is 11.4 Å². The molecule has 2 rings (SSSR count). The van der Waals surface area contributed by atoms with Gasteiger partial charge in [0.1, 0.15) is 0 Å². The fourth-order valence-corrected chi connectivity index (χ4v) is 1.77. The Hall–Kier alpha value is -1.45. The van der Waals surface area contributed by atoms with Gasteiger partial charge in [0.15, 0.2) is 6.29 Å². The molecule has 0 amide bonds. The Bertz CT molecular complexity index is 371. The Morgan fingerprint density at radius 1 is 1.41 bits per heavy atom. The van der Waals surface area contributed by atoms with Gasteiger partial charge in [0, 0.05) is 25.0 Å². The Labute approximate surface area is 102 Å². The van der Waals surface area contributed by atoms with Crippen LogP contribution in [0.3, 0.4) is 0 Å². The van der Waals surface area contributed by atoms with Crippen molar-refractivity contribution in [1.82, 2.24) is 9.97 Å². The summed E-state index contributed by atoms with van der Waals surface area (Å²) in [6.45, 7) is 5.45. The molecule has 0 aliphatic heterocycles. The van der Waals surface area contributed by atoms with Gasteiger partial charge in [0.05, 0.1) is 5.56 Å². The van der Waals surface area contributed by atoms with E-state index in [0.29, 0.717) is 17.5 Å². The molecule has 0 spiro atoms. The minimum atomic E-state index is 0.536. The van der Waals surface area contributed by atoms with Crippen molar-refractivity contribution >= 4 is 12.2 Å². The first-order valence-electron chi connectivity index (χ1n) is 6.24. The second-order valence-corrected chi connectivity index (χ2v) is 5.04. The van der Waals surface area contributed by atoms with Gasteiger partial charge < -0.3 is 4.90 Å². The zero-order valence-electron chi connectivity index (χ0n) is 10.5. The molecule has 1 aromatic heterocycles. The van der Waals surface area contributed by atoms with E-state index in [-0.39, 0.29) is 0 Å². The van der Waals surface area contributed by atoms with Crippen molar-refractivity contribution in [3.63, 3.8) is 0 Å². The summed E-state index contributed by atoms with van der Waals surface area (Å²) in [4.78, 5) is 21.4. The van der Waals surface area contributed by atoms with Crippen molar-refractivity contribution in [2.45, 2.75) is 39.2 Å². The molecule has 17 heavy (non-hydrogen) atoms. The van der Waals surface area contributed by atoms with Gasteiger partial charge >= 0.3 is 0 Å². The third-order valence-corrected chi connectivity index (χ3v) is 2.99. The van der Waals surface area contributed by atoms with Crippen LogP contribution in [-0.2, 0) is 0 Å². The van der Waals surface area contributed by atoms with Gasteiger partial charge in [0.2, 0.25) is 5.95 Å². The molecule has 0 unspecified atom stereocenters. The first-order chi connectivity index (χ1) is 8.20. The van der Waals surface area contributed by atoms with Crippen LogP contribution in [0.1, 0.15) is 43.5 Å². The van der Waals surface area contributed by atoms with Crippen LogP contribution >= 0.6 is 0 Å². The average Bonchev–Trinajstić information content (AvgIpc) is 3.14. The van der Waals surface area contributed by atoms with Crippen LogP contribution in [0.5, 0.6) is 0 Å². The molecular weight excluding hydrogens is 214 g/mol. The first-order valence-corrected chi connectivity index (χ1v) is 6.24. The molecule has 1 heterocycles. The predicted molar refractivity (Wildman–Crippen MR) is 67.2 cm³/mol. The third kappa shape index (κ3) is 3.25. The van der Waals surface area contributed by atoms with Gasteiger partial charge in [-0.2, -0.15) is 0 Å². The summed E-state index contributed by atoms with van der Waals surface area (Å²) < 4.78 is 0. The van der Waals surface area contributed by atoms with Crippen LogP contribution in [0, 0.1) is 5.92 Å². The number of carbonyl (C=O) groups is 1. The molecule has 92 valence electrons. The van der Waals surface area contributed by atoms with Crippen LogP contribution in [-0.4, -0.2) is 28.8 Å². The minimum Gasteiger partial charge on any atom is -0.338 e. The summed E-state index contributed by atoms with van der Waals surface area (Å²) in [7, 11) is 0. The molecule has 1 aliphatic carbocycles. The maximum Gasteiger partial charge on any atom is 0.225 e. The number of aldehydes is 1. The molecule has 0 aromatic carbocycles. The Balaban J connectivity index is 2.05. The smallest absolute Gasteiger partial charge is 0.225 e. The van der Waals surface area contributed by atoms with Gasteiger partial charge in [-0.3, -0.25) is 4.79 Å². The van der Waals surface area contributed by atoms with Gasteiger partial charge in [-0.1, -0.05) is 13.8 Å². The normalized spacial score (nSPS) is 15.0. The lowest BCUT2D eigenvalue weighted by atomic mass is 10.1. The second-order valence-electron chi connectivity index (χ2n) is 5.04. The van der Waals surface area contributed by atoms with E-state index in [9.17, 15) is 4.79 Å². The first kappa shape index (κ1) is 12.0. The molecule has 1 aromatic rings. The van der Waals surface area contributed by atoms with E-state index >= 15 is 0 Å². The lowest BCUT2D eigenvalue weighted by Crippen LogP contribution is -2.29. The Morgan fingerprint density at radius 2 is 2.06 bits per heavy atom. The highest BCUT2D eigenvalue weighted by Gasteiger charge is 2.30. The van der Waals surface area contributed by atoms with Gasteiger partial charge in [0.25, 0.3) is 0 Å². The predicted octanol–water partition coefficient (Wildman–Crippen LogP) is 2.30. The number of anilines is 1. The molecule has 0 N–H and O–H groups in total. The topological polar surface area (TPSA) is 46.1 Å². The quantitative estimate of drug-likeness (QED) is 0.707. The van der Waals surface area contributed by atoms with Crippen LogP contribution in [0.25, 0.3) is 0 Å². The molecule has 0 saturated heterocycles. The average molecular weight is 233 g/mol. The van der Waals surface area contributed by atoms with Crippen LogP contribution in [0.2, 0.25) is 0 Å². The van der Waals surface area contributed by atoms with Gasteiger partial charge in [-0.05, 0) is 25.2 Å². The SMILES string of the molecule is CC(C)CCN(c1ncc(C=O)cn1)C1CC1. The highest BCUT2D eigenvalue weighted by atomic mass is 16.1. The van der Waals surface area contributed by atoms with Crippen LogP contribution < -0.4 is 4.90 Å². The number of hydrogen-bond acceptors (Lipinski definition) is 4. The van der Waals surface area contributed by atoms with E-state index in [1.807, 2.05) is 0 Å². The Kier molecular flexibility index (Phi) is 3.71. The van der Waals surface area contributed by atoms with Crippen LogP contribution in [0.4, 0.5) is 5.95 Å². The van der Waals surface area contributed by atoms with E-state index in [4.69, 9.17) is 0 Å². The molecule has 0 bridgehead atoms. The number of carbonyl (C=O) groups excluding carboxylic acids is 1.